The maximum Gasteiger partial charge on any atom is 0.278 e. The van der Waals surface area contributed by atoms with Gasteiger partial charge in [0.2, 0.25) is 0 Å². The lowest BCUT2D eigenvalue weighted by Gasteiger charge is -2.16. The molecule has 98 valence electrons. The van der Waals surface area contributed by atoms with Crippen LogP contribution >= 0.6 is 36.6 Å². The number of nitriles is 1. The molecule has 1 aromatic heterocycles. The van der Waals surface area contributed by atoms with Gasteiger partial charge in [-0.05, 0) is 0 Å². The summed E-state index contributed by atoms with van der Waals surface area (Å²) in [7, 11) is 0. The van der Waals surface area contributed by atoms with Gasteiger partial charge in [0, 0.05) is 18.1 Å². The van der Waals surface area contributed by atoms with Crippen LogP contribution in [0.25, 0.3) is 0 Å². The van der Waals surface area contributed by atoms with Gasteiger partial charge in [0.15, 0.2) is 0 Å². The number of hydrogen-bond acceptors (Lipinski definition) is 5. The van der Waals surface area contributed by atoms with Crippen LogP contribution in [0.3, 0.4) is 0 Å². The van der Waals surface area contributed by atoms with Gasteiger partial charge >= 0.3 is 0 Å². The van der Waals surface area contributed by atoms with Crippen LogP contribution in [0.15, 0.2) is 11.6 Å². The average molecular weight is 304 g/mol. The van der Waals surface area contributed by atoms with Crippen LogP contribution in [0.1, 0.15) is 11.4 Å². The number of primary amides is 1. The second kappa shape index (κ2) is 9.76. The number of nitrogens with zero attached hydrogens (tertiary/aromatic N) is 3. The van der Waals surface area contributed by atoms with Gasteiger partial charge in [-0.1, -0.05) is 25.3 Å². The van der Waals surface area contributed by atoms with E-state index in [1.165, 1.54) is 16.2 Å². The average Bonchev–Trinajstić information content (AvgIpc) is 2.75. The van der Waals surface area contributed by atoms with E-state index in [0.717, 1.165) is 5.01 Å². The van der Waals surface area contributed by atoms with E-state index in [0.29, 0.717) is 19.5 Å². The van der Waals surface area contributed by atoms with Crippen molar-refractivity contribution in [3.05, 3.63) is 16.6 Å². The van der Waals surface area contributed by atoms with E-state index in [4.69, 9.17) is 10.1 Å². The maximum absolute atomic E-state index is 11.0. The zero-order chi connectivity index (χ0) is 14.0. The van der Waals surface area contributed by atoms with Gasteiger partial charge in [0.25, 0.3) is 10.5 Å². The lowest BCUT2D eigenvalue weighted by Crippen LogP contribution is -2.26. The molecule has 0 spiro atoms. The molecule has 0 radical (unpaired) electrons. The summed E-state index contributed by atoms with van der Waals surface area (Å²) >= 11 is 8.32. The van der Waals surface area contributed by atoms with Crippen LogP contribution in [0.2, 0.25) is 0 Å². The predicted octanol–water partition coefficient (Wildman–Crippen LogP) is 1.90. The summed E-state index contributed by atoms with van der Waals surface area (Å²) in [6.07, 6.45) is 2.00. The molecular weight excluding hydrogens is 292 g/mol. The molecule has 0 aliphatic carbocycles. The van der Waals surface area contributed by atoms with Gasteiger partial charge in [-0.15, -0.1) is 11.3 Å². The predicted molar refractivity (Wildman–Crippen MR) is 75.7 cm³/mol. The van der Waals surface area contributed by atoms with E-state index in [-0.39, 0.29) is 5.24 Å². The highest BCUT2D eigenvalue weighted by atomic mass is 32.1. The van der Waals surface area contributed by atoms with Gasteiger partial charge in [0.05, 0.1) is 19.0 Å². The van der Waals surface area contributed by atoms with Crippen molar-refractivity contribution < 1.29 is 9.59 Å². The molecular formula is C9H12N4O2S3. The Balaban J connectivity index is 0.000000631. The molecule has 1 rings (SSSR count). The first-order valence-electron chi connectivity index (χ1n) is 4.69. The molecule has 0 aliphatic rings. The summed E-state index contributed by atoms with van der Waals surface area (Å²) in [5.41, 5.74) is 4.34. The van der Waals surface area contributed by atoms with Crippen molar-refractivity contribution in [2.75, 3.05) is 6.54 Å². The Hall–Kier alpha value is -1.24. The van der Waals surface area contributed by atoms with Crippen molar-refractivity contribution in [1.29, 1.82) is 5.26 Å². The van der Waals surface area contributed by atoms with Crippen LogP contribution in [0, 0.1) is 11.3 Å². The molecule has 0 aliphatic heterocycles. The third-order valence-electron chi connectivity index (χ3n) is 1.57. The molecule has 2 N–H and O–H groups in total. The molecule has 9 heteroatoms. The van der Waals surface area contributed by atoms with Crippen LogP contribution in [0.4, 0.5) is 9.59 Å². The summed E-state index contributed by atoms with van der Waals surface area (Å²) in [6.45, 7) is 0.833. The fourth-order valence-corrected chi connectivity index (χ4v) is 1.72. The largest absolute Gasteiger partial charge is 0.361 e. The van der Waals surface area contributed by atoms with Gasteiger partial charge in [-0.2, -0.15) is 5.26 Å². The monoisotopic (exact) mass is 304 g/mol. The Morgan fingerprint density at radius 1 is 1.56 bits per heavy atom. The van der Waals surface area contributed by atoms with Crippen LogP contribution in [0.5, 0.6) is 0 Å². The minimum absolute atomic E-state index is 0.317. The number of nitrogens with two attached hydrogens (primary N) is 1. The molecule has 0 unspecified atom stereocenters. The van der Waals surface area contributed by atoms with Crippen molar-refractivity contribution in [3.63, 3.8) is 0 Å². The number of aromatic nitrogens is 1. The number of hydrogen-bond donors (Lipinski definition) is 3. The number of carbonyl (C=O) groups excluding carboxylic acids is 2. The second-order valence-corrected chi connectivity index (χ2v) is 4.68. The van der Waals surface area contributed by atoms with E-state index >= 15 is 0 Å². The standard InChI is InChI=1S/C8H9N3OS2.CH3NOS/c9-2-1-4-11(8(12)13)6-7-10-3-5-14-7;2-1(3)4/h3,5H,1,4,6H2,(H,12,13);(H3,2,3,4). The minimum Gasteiger partial charge on any atom is -0.361 e. The van der Waals surface area contributed by atoms with Gasteiger partial charge in [-0.25, -0.2) is 4.98 Å². The molecule has 18 heavy (non-hydrogen) atoms. The van der Waals surface area contributed by atoms with Crippen molar-refractivity contribution in [3.8, 4) is 6.07 Å². The Labute approximate surface area is 120 Å². The highest BCUT2D eigenvalue weighted by molar-refractivity contribution is 7.96. The van der Waals surface area contributed by atoms with Crippen molar-refractivity contribution in [2.45, 2.75) is 13.0 Å². The number of carbonyl (C=O) groups is 2. The number of thiazole rings is 1. The first kappa shape index (κ1) is 16.8. The normalized spacial score (nSPS) is 8.72. The van der Waals surface area contributed by atoms with E-state index in [2.05, 4.69) is 36.0 Å². The summed E-state index contributed by atoms with van der Waals surface area (Å²) in [5.74, 6) is 0. The van der Waals surface area contributed by atoms with Crippen LogP contribution in [-0.2, 0) is 6.54 Å². The molecule has 1 aromatic rings. The Morgan fingerprint density at radius 2 is 2.17 bits per heavy atom. The quantitative estimate of drug-likeness (QED) is 0.740. The lowest BCUT2D eigenvalue weighted by molar-refractivity contribution is 0.222. The molecule has 0 aromatic carbocycles. The van der Waals surface area contributed by atoms with E-state index < -0.39 is 5.24 Å². The summed E-state index contributed by atoms with van der Waals surface area (Å²) < 4.78 is 0. The fraction of sp³-hybridized carbons (Fsp3) is 0.333. The Kier molecular flexibility index (Phi) is 9.08. The highest BCUT2D eigenvalue weighted by Gasteiger charge is 2.10. The maximum atomic E-state index is 11.0. The first-order valence-corrected chi connectivity index (χ1v) is 6.46. The summed E-state index contributed by atoms with van der Waals surface area (Å²) in [5, 5.41) is 10.1. The highest BCUT2D eigenvalue weighted by Crippen LogP contribution is 2.10. The van der Waals surface area contributed by atoms with Crippen molar-refractivity contribution in [2.24, 2.45) is 5.73 Å². The third-order valence-corrected chi connectivity index (χ3v) is 2.62. The first-order chi connectivity index (χ1) is 8.47. The Morgan fingerprint density at radius 3 is 2.56 bits per heavy atom. The van der Waals surface area contributed by atoms with E-state index in [1.54, 1.807) is 6.20 Å². The number of amides is 2. The molecule has 0 atom stereocenters. The minimum atomic E-state index is -0.639. The second-order valence-electron chi connectivity index (χ2n) is 2.88. The molecule has 2 amide bonds. The van der Waals surface area contributed by atoms with E-state index in [9.17, 15) is 4.79 Å². The van der Waals surface area contributed by atoms with Gasteiger partial charge < -0.3 is 10.6 Å². The van der Waals surface area contributed by atoms with E-state index in [1.807, 2.05) is 11.4 Å². The molecule has 6 nitrogen and oxygen atoms in total. The molecule has 0 saturated carbocycles. The van der Waals surface area contributed by atoms with Crippen molar-refractivity contribution >= 4 is 47.1 Å². The topological polar surface area (TPSA) is 100 Å². The number of rotatable bonds is 4. The molecule has 0 fully saturated rings. The lowest BCUT2D eigenvalue weighted by atomic mass is 10.4. The summed E-state index contributed by atoms with van der Waals surface area (Å²) in [4.78, 5) is 25.7. The smallest absolute Gasteiger partial charge is 0.278 e. The van der Waals surface area contributed by atoms with Gasteiger partial charge in [0.1, 0.15) is 5.01 Å². The van der Waals surface area contributed by atoms with Gasteiger partial charge in [-0.3, -0.25) is 9.59 Å². The summed E-state index contributed by atoms with van der Waals surface area (Å²) in [6, 6.07) is 1.99. The zero-order valence-corrected chi connectivity index (χ0v) is 11.9. The molecule has 0 bridgehead atoms. The molecule has 1 heterocycles. The Bertz CT molecular complexity index is 412. The zero-order valence-electron chi connectivity index (χ0n) is 9.31. The van der Waals surface area contributed by atoms with Crippen molar-refractivity contribution in [1.82, 2.24) is 9.88 Å². The van der Waals surface area contributed by atoms with Crippen LogP contribution in [-0.4, -0.2) is 26.9 Å². The fourth-order valence-electron chi connectivity index (χ4n) is 0.922. The molecule has 0 saturated heterocycles. The number of thiol groups is 2. The SMILES string of the molecule is N#CCCN(Cc1nccs1)C(=O)S.NC(=O)S. The third kappa shape index (κ3) is 8.86. The van der Waals surface area contributed by atoms with Crippen LogP contribution < -0.4 is 5.73 Å².